The monoisotopic (exact) mass is 262 g/mol. The lowest BCUT2D eigenvalue weighted by molar-refractivity contribution is -0.140. The van der Waals surface area contributed by atoms with Crippen LogP contribution in [0, 0.1) is 5.92 Å². The van der Waals surface area contributed by atoms with Crippen LogP contribution in [0.2, 0.25) is 0 Å². The standard InChI is InChI=1S/C14H18N2O3/c1-8(2)12(15)13(17)16-10-6-4-3-5-9(10)7-11(16)14(18)19/h3-6,8,11-12H,7,15H2,1-2H3,(H,18,19)/t11-,12-/m0/s1. The van der Waals surface area contributed by atoms with Crippen LogP contribution < -0.4 is 10.6 Å². The van der Waals surface area contributed by atoms with E-state index in [1.165, 1.54) is 4.90 Å². The predicted octanol–water partition coefficient (Wildman–Crippen LogP) is 1.01. The lowest BCUT2D eigenvalue weighted by Gasteiger charge is -2.27. The molecular formula is C14H18N2O3. The molecule has 1 aliphatic rings. The average Bonchev–Trinajstić information content (AvgIpc) is 2.76. The van der Waals surface area contributed by atoms with Crippen molar-refractivity contribution in [1.82, 2.24) is 0 Å². The van der Waals surface area contributed by atoms with E-state index in [-0.39, 0.29) is 11.8 Å². The van der Waals surface area contributed by atoms with Crippen molar-refractivity contribution in [3.8, 4) is 0 Å². The largest absolute Gasteiger partial charge is 0.480 e. The quantitative estimate of drug-likeness (QED) is 0.851. The molecule has 1 aromatic carbocycles. The van der Waals surface area contributed by atoms with Crippen molar-refractivity contribution in [2.45, 2.75) is 32.4 Å². The minimum atomic E-state index is -1.000. The maximum atomic E-state index is 12.4. The van der Waals surface area contributed by atoms with E-state index in [0.717, 1.165) is 5.56 Å². The molecule has 0 radical (unpaired) electrons. The van der Waals surface area contributed by atoms with Crippen LogP contribution in [0.1, 0.15) is 19.4 Å². The number of fused-ring (bicyclic) bond motifs is 1. The molecule has 5 heteroatoms. The summed E-state index contributed by atoms with van der Waals surface area (Å²) in [4.78, 5) is 25.1. The number of anilines is 1. The van der Waals surface area contributed by atoms with Crippen LogP contribution in [-0.4, -0.2) is 29.1 Å². The molecule has 0 aliphatic carbocycles. The molecule has 1 amide bonds. The zero-order valence-electron chi connectivity index (χ0n) is 11.0. The highest BCUT2D eigenvalue weighted by atomic mass is 16.4. The van der Waals surface area contributed by atoms with Crippen LogP contribution >= 0.6 is 0 Å². The zero-order chi connectivity index (χ0) is 14.2. The summed E-state index contributed by atoms with van der Waals surface area (Å²) in [7, 11) is 0. The van der Waals surface area contributed by atoms with E-state index in [1.54, 1.807) is 12.1 Å². The minimum Gasteiger partial charge on any atom is -0.480 e. The third-order valence-corrected chi connectivity index (χ3v) is 3.50. The molecule has 102 valence electrons. The molecule has 0 spiro atoms. The van der Waals surface area contributed by atoms with Gasteiger partial charge >= 0.3 is 5.97 Å². The summed E-state index contributed by atoms with van der Waals surface area (Å²) in [5, 5.41) is 9.29. The number of aliphatic carboxylic acids is 1. The molecule has 0 fully saturated rings. The van der Waals surface area contributed by atoms with E-state index >= 15 is 0 Å². The third-order valence-electron chi connectivity index (χ3n) is 3.50. The van der Waals surface area contributed by atoms with Gasteiger partial charge in [0.15, 0.2) is 0 Å². The number of carbonyl (C=O) groups is 2. The lowest BCUT2D eigenvalue weighted by Crippen LogP contribution is -2.51. The number of nitrogens with two attached hydrogens (primary N) is 1. The van der Waals surface area contributed by atoms with E-state index < -0.39 is 18.1 Å². The second-order valence-corrected chi connectivity index (χ2v) is 5.16. The van der Waals surface area contributed by atoms with Crippen molar-refractivity contribution in [3.05, 3.63) is 29.8 Å². The fourth-order valence-electron chi connectivity index (χ4n) is 2.30. The van der Waals surface area contributed by atoms with Gasteiger partial charge in [-0.15, -0.1) is 0 Å². The lowest BCUT2D eigenvalue weighted by atomic mass is 10.0. The Hall–Kier alpha value is -1.88. The molecule has 0 saturated heterocycles. The van der Waals surface area contributed by atoms with Gasteiger partial charge in [-0.1, -0.05) is 32.0 Å². The highest BCUT2D eigenvalue weighted by Gasteiger charge is 2.40. The number of hydrogen-bond acceptors (Lipinski definition) is 3. The summed E-state index contributed by atoms with van der Waals surface area (Å²) >= 11 is 0. The normalized spacial score (nSPS) is 19.4. The molecule has 5 nitrogen and oxygen atoms in total. The number of amides is 1. The maximum Gasteiger partial charge on any atom is 0.327 e. The van der Waals surface area contributed by atoms with Crippen molar-refractivity contribution in [2.24, 2.45) is 11.7 Å². The number of carboxylic acids is 1. The zero-order valence-corrected chi connectivity index (χ0v) is 11.0. The Morgan fingerprint density at radius 2 is 2.00 bits per heavy atom. The van der Waals surface area contributed by atoms with Gasteiger partial charge in [0.2, 0.25) is 5.91 Å². The highest BCUT2D eigenvalue weighted by Crippen LogP contribution is 2.32. The average molecular weight is 262 g/mol. The summed E-state index contributed by atoms with van der Waals surface area (Å²) in [6.45, 7) is 3.70. The number of benzene rings is 1. The van der Waals surface area contributed by atoms with Crippen molar-refractivity contribution < 1.29 is 14.7 Å². The Bertz CT molecular complexity index is 513. The second kappa shape index (κ2) is 5.01. The first-order valence-corrected chi connectivity index (χ1v) is 6.33. The Morgan fingerprint density at radius 1 is 1.37 bits per heavy atom. The summed E-state index contributed by atoms with van der Waals surface area (Å²) in [5.74, 6) is -1.36. The van der Waals surface area contributed by atoms with Gasteiger partial charge in [-0.3, -0.25) is 9.69 Å². The van der Waals surface area contributed by atoms with Gasteiger partial charge in [0.05, 0.1) is 6.04 Å². The topological polar surface area (TPSA) is 83.6 Å². The van der Waals surface area contributed by atoms with Crippen LogP contribution in [0.5, 0.6) is 0 Å². The van der Waals surface area contributed by atoms with Gasteiger partial charge in [0.1, 0.15) is 6.04 Å². The van der Waals surface area contributed by atoms with Crippen LogP contribution in [0.3, 0.4) is 0 Å². The number of carbonyl (C=O) groups excluding carboxylic acids is 1. The number of carboxylic acid groups (broad SMARTS) is 1. The summed E-state index contributed by atoms with van der Waals surface area (Å²) in [6, 6.07) is 5.71. The van der Waals surface area contributed by atoms with E-state index in [0.29, 0.717) is 12.1 Å². The highest BCUT2D eigenvalue weighted by molar-refractivity contribution is 6.04. The smallest absolute Gasteiger partial charge is 0.327 e. The Kier molecular flexibility index (Phi) is 3.57. The summed E-state index contributed by atoms with van der Waals surface area (Å²) < 4.78 is 0. The Labute approximate surface area is 112 Å². The van der Waals surface area contributed by atoms with Crippen LogP contribution in [0.15, 0.2) is 24.3 Å². The number of rotatable bonds is 3. The fraction of sp³-hybridized carbons (Fsp3) is 0.429. The molecular weight excluding hydrogens is 244 g/mol. The predicted molar refractivity (Wildman–Crippen MR) is 71.9 cm³/mol. The molecule has 1 aliphatic heterocycles. The first-order valence-electron chi connectivity index (χ1n) is 6.33. The molecule has 2 rings (SSSR count). The van der Waals surface area contributed by atoms with Crippen LogP contribution in [0.25, 0.3) is 0 Å². The minimum absolute atomic E-state index is 0.0327. The number of para-hydroxylation sites is 1. The van der Waals surface area contributed by atoms with Crippen molar-refractivity contribution >= 4 is 17.6 Å². The van der Waals surface area contributed by atoms with Gasteiger partial charge < -0.3 is 10.8 Å². The molecule has 0 bridgehead atoms. The maximum absolute atomic E-state index is 12.4. The molecule has 1 heterocycles. The van der Waals surface area contributed by atoms with Gasteiger partial charge in [-0.05, 0) is 17.5 Å². The second-order valence-electron chi connectivity index (χ2n) is 5.16. The van der Waals surface area contributed by atoms with Crippen molar-refractivity contribution in [3.63, 3.8) is 0 Å². The fourth-order valence-corrected chi connectivity index (χ4v) is 2.30. The van der Waals surface area contributed by atoms with Crippen molar-refractivity contribution in [2.75, 3.05) is 4.90 Å². The SMILES string of the molecule is CC(C)[C@H](N)C(=O)N1c2ccccc2C[C@H]1C(=O)O. The first-order chi connectivity index (χ1) is 8.93. The molecule has 2 atom stereocenters. The van der Waals surface area contributed by atoms with E-state index in [2.05, 4.69) is 0 Å². The van der Waals surface area contributed by atoms with E-state index in [9.17, 15) is 14.7 Å². The van der Waals surface area contributed by atoms with Crippen LogP contribution in [0.4, 0.5) is 5.69 Å². The van der Waals surface area contributed by atoms with Gasteiger partial charge in [-0.25, -0.2) is 4.79 Å². The molecule has 0 unspecified atom stereocenters. The summed E-state index contributed by atoms with van der Waals surface area (Å²) in [6.07, 6.45) is 0.335. The van der Waals surface area contributed by atoms with Gasteiger partial charge in [-0.2, -0.15) is 0 Å². The van der Waals surface area contributed by atoms with Gasteiger partial charge in [0, 0.05) is 12.1 Å². The molecule has 3 N–H and O–H groups in total. The summed E-state index contributed by atoms with van der Waals surface area (Å²) in [5.41, 5.74) is 7.41. The number of hydrogen-bond donors (Lipinski definition) is 2. The molecule has 0 saturated carbocycles. The molecule has 19 heavy (non-hydrogen) atoms. The van der Waals surface area contributed by atoms with Gasteiger partial charge in [0.25, 0.3) is 0 Å². The van der Waals surface area contributed by atoms with E-state index in [1.807, 2.05) is 26.0 Å². The molecule has 1 aromatic rings. The van der Waals surface area contributed by atoms with E-state index in [4.69, 9.17) is 5.73 Å². The Balaban J connectivity index is 2.39. The Morgan fingerprint density at radius 3 is 2.58 bits per heavy atom. The van der Waals surface area contributed by atoms with Crippen molar-refractivity contribution in [1.29, 1.82) is 0 Å². The first kappa shape index (κ1) is 13.5. The number of nitrogens with zero attached hydrogens (tertiary/aromatic N) is 1. The molecule has 0 aromatic heterocycles. The third kappa shape index (κ3) is 2.33. The van der Waals surface area contributed by atoms with Crippen LogP contribution in [-0.2, 0) is 16.0 Å².